The zero-order chi connectivity index (χ0) is 13.0. The molecule has 0 aliphatic heterocycles. The average molecular weight is 248 g/mol. The van der Waals surface area contributed by atoms with E-state index in [1.165, 1.54) is 25.7 Å². The van der Waals surface area contributed by atoms with Crippen LogP contribution in [0.15, 0.2) is 6.33 Å². The van der Waals surface area contributed by atoms with E-state index in [0.717, 1.165) is 30.8 Å². The van der Waals surface area contributed by atoms with Crippen molar-refractivity contribution in [3.63, 3.8) is 0 Å². The number of unbranched alkanes of at least 4 members (excludes halogenated alkanes) is 1. The Balaban J connectivity index is 2.25. The number of nitrogens with two attached hydrogens (primary N) is 1. The van der Waals surface area contributed by atoms with Gasteiger partial charge in [0.05, 0.1) is 0 Å². The highest BCUT2D eigenvalue weighted by Crippen LogP contribution is 2.34. The van der Waals surface area contributed by atoms with Gasteiger partial charge in [0.1, 0.15) is 18.0 Å². The van der Waals surface area contributed by atoms with Crippen molar-refractivity contribution in [2.75, 3.05) is 17.2 Å². The second kappa shape index (κ2) is 6.03. The maximum absolute atomic E-state index is 6.02. The van der Waals surface area contributed by atoms with Crippen LogP contribution in [-0.4, -0.2) is 22.6 Å². The highest BCUT2D eigenvalue weighted by atomic mass is 15.2. The normalized spacial score (nSPS) is 14.8. The third kappa shape index (κ3) is 2.92. The van der Waals surface area contributed by atoms with Gasteiger partial charge < -0.3 is 10.6 Å². The minimum Gasteiger partial charge on any atom is -0.383 e. The molecule has 4 nitrogen and oxygen atoms in total. The molecule has 2 N–H and O–H groups in total. The molecule has 4 heteroatoms. The van der Waals surface area contributed by atoms with Crippen molar-refractivity contribution in [2.24, 2.45) is 0 Å². The third-order valence-electron chi connectivity index (χ3n) is 3.47. The summed E-state index contributed by atoms with van der Waals surface area (Å²) in [5.74, 6) is 1.74. The van der Waals surface area contributed by atoms with E-state index in [4.69, 9.17) is 5.73 Å². The molecule has 0 radical (unpaired) electrons. The molecule has 0 bridgehead atoms. The average Bonchev–Trinajstić information content (AvgIpc) is 3.18. The maximum atomic E-state index is 6.02. The second-order valence-electron chi connectivity index (χ2n) is 5.09. The molecule has 100 valence electrons. The monoisotopic (exact) mass is 248 g/mol. The predicted molar refractivity (Wildman–Crippen MR) is 75.7 cm³/mol. The zero-order valence-corrected chi connectivity index (χ0v) is 11.5. The summed E-state index contributed by atoms with van der Waals surface area (Å²) in [6.45, 7) is 5.49. The van der Waals surface area contributed by atoms with Gasteiger partial charge in [-0.1, -0.05) is 26.7 Å². The third-order valence-corrected chi connectivity index (χ3v) is 3.47. The van der Waals surface area contributed by atoms with Gasteiger partial charge >= 0.3 is 0 Å². The van der Waals surface area contributed by atoms with E-state index in [1.54, 1.807) is 6.33 Å². The van der Waals surface area contributed by atoms with Crippen LogP contribution in [0.2, 0.25) is 0 Å². The van der Waals surface area contributed by atoms with Gasteiger partial charge in [-0.3, -0.25) is 0 Å². The lowest BCUT2D eigenvalue weighted by atomic mass is 10.1. The summed E-state index contributed by atoms with van der Waals surface area (Å²) >= 11 is 0. The topological polar surface area (TPSA) is 55.0 Å². The quantitative estimate of drug-likeness (QED) is 0.806. The first-order valence-corrected chi connectivity index (χ1v) is 7.13. The number of anilines is 2. The fourth-order valence-electron chi connectivity index (χ4n) is 2.33. The van der Waals surface area contributed by atoms with Gasteiger partial charge in [-0.15, -0.1) is 0 Å². The van der Waals surface area contributed by atoms with Crippen LogP contribution in [0.5, 0.6) is 0 Å². The van der Waals surface area contributed by atoms with E-state index >= 15 is 0 Å². The molecule has 0 unspecified atom stereocenters. The van der Waals surface area contributed by atoms with Crippen molar-refractivity contribution >= 4 is 11.6 Å². The fourth-order valence-corrected chi connectivity index (χ4v) is 2.33. The second-order valence-corrected chi connectivity index (χ2v) is 5.09. The lowest BCUT2D eigenvalue weighted by Crippen LogP contribution is -2.29. The predicted octanol–water partition coefficient (Wildman–Crippen LogP) is 2.78. The lowest BCUT2D eigenvalue weighted by Gasteiger charge is -2.26. The van der Waals surface area contributed by atoms with Gasteiger partial charge in [-0.2, -0.15) is 0 Å². The SMILES string of the molecule is CCCCN(c1ncnc(N)c1CCC)C1CC1. The summed E-state index contributed by atoms with van der Waals surface area (Å²) in [6.07, 6.45) is 8.66. The first-order valence-electron chi connectivity index (χ1n) is 7.13. The standard InChI is InChI=1S/C14H24N4/c1-3-5-9-18(11-7-8-11)14-12(6-4-2)13(15)16-10-17-14/h10-11H,3-9H2,1-2H3,(H2,15,16,17). The molecule has 2 rings (SSSR count). The first kappa shape index (κ1) is 13.1. The summed E-state index contributed by atoms with van der Waals surface area (Å²) in [5, 5.41) is 0. The largest absolute Gasteiger partial charge is 0.383 e. The van der Waals surface area contributed by atoms with Crippen LogP contribution >= 0.6 is 0 Å². The first-order chi connectivity index (χ1) is 8.77. The summed E-state index contributed by atoms with van der Waals surface area (Å²) in [5.41, 5.74) is 7.16. The van der Waals surface area contributed by atoms with Crippen LogP contribution in [0.4, 0.5) is 11.6 Å². The highest BCUT2D eigenvalue weighted by Gasteiger charge is 2.31. The molecule has 0 saturated heterocycles. The Morgan fingerprint density at radius 3 is 2.67 bits per heavy atom. The van der Waals surface area contributed by atoms with E-state index in [0.29, 0.717) is 11.9 Å². The van der Waals surface area contributed by atoms with Gasteiger partial charge in [0.15, 0.2) is 0 Å². The molecule has 1 aromatic heterocycles. The molecule has 0 atom stereocenters. The Labute approximate surface area is 110 Å². The lowest BCUT2D eigenvalue weighted by molar-refractivity contribution is 0.697. The number of nitrogen functional groups attached to an aromatic ring is 1. The van der Waals surface area contributed by atoms with E-state index in [1.807, 2.05) is 0 Å². The van der Waals surface area contributed by atoms with Crippen molar-refractivity contribution in [1.29, 1.82) is 0 Å². The Hall–Kier alpha value is -1.32. The molecule has 1 saturated carbocycles. The van der Waals surface area contributed by atoms with E-state index in [-0.39, 0.29) is 0 Å². The molecule has 1 heterocycles. The Kier molecular flexibility index (Phi) is 4.39. The molecule has 0 aromatic carbocycles. The molecular weight excluding hydrogens is 224 g/mol. The Morgan fingerprint density at radius 1 is 1.28 bits per heavy atom. The summed E-state index contributed by atoms with van der Waals surface area (Å²) in [4.78, 5) is 11.1. The summed E-state index contributed by atoms with van der Waals surface area (Å²) in [7, 11) is 0. The van der Waals surface area contributed by atoms with Crippen molar-refractivity contribution < 1.29 is 0 Å². The minimum absolute atomic E-state index is 0.656. The number of hydrogen-bond donors (Lipinski definition) is 1. The molecule has 0 spiro atoms. The van der Waals surface area contributed by atoms with Crippen molar-refractivity contribution in [2.45, 2.75) is 58.4 Å². The number of aromatic nitrogens is 2. The Bertz CT molecular complexity index is 387. The van der Waals surface area contributed by atoms with E-state index in [2.05, 4.69) is 28.7 Å². The Morgan fingerprint density at radius 2 is 2.06 bits per heavy atom. The van der Waals surface area contributed by atoms with Crippen molar-refractivity contribution in [3.8, 4) is 0 Å². The molecule has 1 aromatic rings. The van der Waals surface area contributed by atoms with Crippen LogP contribution in [0.1, 0.15) is 51.5 Å². The number of nitrogens with zero attached hydrogens (tertiary/aromatic N) is 3. The molecular formula is C14H24N4. The highest BCUT2D eigenvalue weighted by molar-refractivity contribution is 5.57. The molecule has 0 amide bonds. The van der Waals surface area contributed by atoms with Crippen molar-refractivity contribution in [1.82, 2.24) is 9.97 Å². The van der Waals surface area contributed by atoms with Gasteiger partial charge in [-0.05, 0) is 25.7 Å². The molecule has 1 aliphatic rings. The zero-order valence-electron chi connectivity index (χ0n) is 11.5. The van der Waals surface area contributed by atoms with Crippen molar-refractivity contribution in [3.05, 3.63) is 11.9 Å². The van der Waals surface area contributed by atoms with E-state index in [9.17, 15) is 0 Å². The number of rotatable bonds is 7. The molecule has 18 heavy (non-hydrogen) atoms. The van der Waals surface area contributed by atoms with E-state index < -0.39 is 0 Å². The number of hydrogen-bond acceptors (Lipinski definition) is 4. The van der Waals surface area contributed by atoms with Gasteiger partial charge in [0.25, 0.3) is 0 Å². The van der Waals surface area contributed by atoms with Crippen LogP contribution in [0.25, 0.3) is 0 Å². The summed E-state index contributed by atoms with van der Waals surface area (Å²) < 4.78 is 0. The minimum atomic E-state index is 0.656. The molecule has 1 aliphatic carbocycles. The molecule has 1 fully saturated rings. The smallest absolute Gasteiger partial charge is 0.137 e. The van der Waals surface area contributed by atoms with Gasteiger partial charge in [-0.25, -0.2) is 9.97 Å². The van der Waals surface area contributed by atoms with Crippen LogP contribution in [0.3, 0.4) is 0 Å². The maximum Gasteiger partial charge on any atom is 0.137 e. The van der Waals surface area contributed by atoms with Gasteiger partial charge in [0.2, 0.25) is 0 Å². The van der Waals surface area contributed by atoms with Crippen LogP contribution in [0, 0.1) is 0 Å². The summed E-state index contributed by atoms with van der Waals surface area (Å²) in [6, 6.07) is 0.682. The van der Waals surface area contributed by atoms with Crippen LogP contribution < -0.4 is 10.6 Å². The fraction of sp³-hybridized carbons (Fsp3) is 0.714. The van der Waals surface area contributed by atoms with Crippen LogP contribution in [-0.2, 0) is 6.42 Å². The van der Waals surface area contributed by atoms with Gasteiger partial charge in [0, 0.05) is 18.2 Å².